The van der Waals surface area contributed by atoms with Crippen molar-refractivity contribution in [3.8, 4) is 0 Å². The van der Waals surface area contributed by atoms with Crippen molar-refractivity contribution < 1.29 is 9.59 Å². The highest BCUT2D eigenvalue weighted by atomic mass is 32.1. The highest BCUT2D eigenvalue weighted by Gasteiger charge is 2.33. The van der Waals surface area contributed by atoms with E-state index in [0.717, 1.165) is 24.9 Å². The van der Waals surface area contributed by atoms with E-state index in [1.54, 1.807) is 6.20 Å². The highest BCUT2D eigenvalue weighted by molar-refractivity contribution is 7.13. The highest BCUT2D eigenvalue weighted by Crippen LogP contribution is 2.27. The summed E-state index contributed by atoms with van der Waals surface area (Å²) in [5.74, 6) is -0.610. The molecule has 0 radical (unpaired) electrons. The Morgan fingerprint density at radius 2 is 2.12 bits per heavy atom. The van der Waals surface area contributed by atoms with Crippen molar-refractivity contribution in [2.45, 2.75) is 18.9 Å². The number of hydrogen-bond donors (Lipinski definition) is 2. The van der Waals surface area contributed by atoms with Crippen LogP contribution in [-0.2, 0) is 9.59 Å². The molecule has 24 heavy (non-hydrogen) atoms. The second-order valence-corrected chi connectivity index (χ2v) is 6.77. The van der Waals surface area contributed by atoms with Gasteiger partial charge in [-0.25, -0.2) is 4.98 Å². The van der Waals surface area contributed by atoms with Crippen LogP contribution >= 0.6 is 11.3 Å². The number of primary amides is 1. The summed E-state index contributed by atoms with van der Waals surface area (Å²) in [7, 11) is 0. The summed E-state index contributed by atoms with van der Waals surface area (Å²) in [5.41, 5.74) is 6.51. The lowest BCUT2D eigenvalue weighted by atomic mass is 9.94. The Kier molecular flexibility index (Phi) is 5.22. The third kappa shape index (κ3) is 3.80. The van der Waals surface area contributed by atoms with Crippen LogP contribution in [0.15, 0.2) is 41.9 Å². The molecule has 2 amide bonds. The predicted molar refractivity (Wildman–Crippen MR) is 93.4 cm³/mol. The summed E-state index contributed by atoms with van der Waals surface area (Å²) >= 11 is 1.39. The number of carbonyl (C=O) groups is 2. The number of thiazole rings is 1. The van der Waals surface area contributed by atoms with E-state index in [4.69, 9.17) is 5.73 Å². The minimum absolute atomic E-state index is 0.0501. The number of rotatable bonds is 5. The van der Waals surface area contributed by atoms with Crippen LogP contribution in [0, 0.1) is 5.92 Å². The van der Waals surface area contributed by atoms with E-state index in [9.17, 15) is 9.59 Å². The normalized spacial score (nSPS) is 19.6. The summed E-state index contributed by atoms with van der Waals surface area (Å²) in [5, 5.41) is 5.27. The molecule has 1 aromatic carbocycles. The fourth-order valence-corrected chi connectivity index (χ4v) is 3.67. The smallest absolute Gasteiger partial charge is 0.239 e. The summed E-state index contributed by atoms with van der Waals surface area (Å²) in [6, 6.07) is 8.98. The quantitative estimate of drug-likeness (QED) is 0.868. The molecule has 1 saturated heterocycles. The van der Waals surface area contributed by atoms with Gasteiger partial charge >= 0.3 is 0 Å². The van der Waals surface area contributed by atoms with Gasteiger partial charge in [-0.1, -0.05) is 30.3 Å². The first kappa shape index (κ1) is 16.6. The van der Waals surface area contributed by atoms with Gasteiger partial charge < -0.3 is 11.1 Å². The standard InChI is InChI=1S/C17H20N4O2S/c18-15(22)14(12-5-2-1-3-6-12)21-9-4-7-13(11-21)16(23)20-17-19-8-10-24-17/h1-3,5-6,8,10,13-14H,4,7,9,11H2,(H2,18,22)(H,19,20,23)/t13-,14-/m0/s1. The van der Waals surface area contributed by atoms with Gasteiger partial charge in [0.2, 0.25) is 11.8 Å². The molecular weight excluding hydrogens is 324 g/mol. The largest absolute Gasteiger partial charge is 0.368 e. The van der Waals surface area contributed by atoms with Crippen LogP contribution in [0.2, 0.25) is 0 Å². The number of piperidine rings is 1. The van der Waals surface area contributed by atoms with Crippen molar-refractivity contribution in [1.82, 2.24) is 9.88 Å². The number of hydrogen-bond acceptors (Lipinski definition) is 5. The Bertz CT molecular complexity index is 690. The van der Waals surface area contributed by atoms with Gasteiger partial charge in [-0.15, -0.1) is 11.3 Å². The van der Waals surface area contributed by atoms with Crippen molar-refractivity contribution in [2.24, 2.45) is 11.7 Å². The van der Waals surface area contributed by atoms with Crippen LogP contribution in [0.25, 0.3) is 0 Å². The van der Waals surface area contributed by atoms with E-state index >= 15 is 0 Å². The van der Waals surface area contributed by atoms with Crippen molar-refractivity contribution >= 4 is 28.3 Å². The van der Waals surface area contributed by atoms with Gasteiger partial charge in [-0.2, -0.15) is 0 Å². The molecule has 2 atom stereocenters. The first-order valence-electron chi connectivity index (χ1n) is 7.94. The zero-order valence-corrected chi connectivity index (χ0v) is 14.0. The van der Waals surface area contributed by atoms with E-state index in [1.807, 2.05) is 40.6 Å². The molecule has 3 rings (SSSR count). The van der Waals surface area contributed by atoms with Gasteiger partial charge in [0, 0.05) is 18.1 Å². The molecule has 1 aliphatic heterocycles. The molecule has 0 spiro atoms. The molecule has 0 bridgehead atoms. The van der Waals surface area contributed by atoms with Gasteiger partial charge in [-0.3, -0.25) is 14.5 Å². The lowest BCUT2D eigenvalue weighted by Crippen LogP contribution is -2.46. The van der Waals surface area contributed by atoms with E-state index in [1.165, 1.54) is 11.3 Å². The monoisotopic (exact) mass is 344 g/mol. The first-order chi connectivity index (χ1) is 11.6. The molecule has 126 valence electrons. The number of carbonyl (C=O) groups excluding carboxylic acids is 2. The lowest BCUT2D eigenvalue weighted by Gasteiger charge is -2.36. The van der Waals surface area contributed by atoms with Crippen LogP contribution in [0.3, 0.4) is 0 Å². The van der Waals surface area contributed by atoms with Gasteiger partial charge in [0.15, 0.2) is 5.13 Å². The maximum atomic E-state index is 12.5. The molecule has 1 aromatic heterocycles. The number of likely N-dealkylation sites (tertiary alicyclic amines) is 1. The molecule has 0 aliphatic carbocycles. The predicted octanol–water partition coefficient (Wildman–Crippen LogP) is 2.02. The Morgan fingerprint density at radius 1 is 1.33 bits per heavy atom. The topological polar surface area (TPSA) is 88.3 Å². The molecule has 7 heteroatoms. The second-order valence-electron chi connectivity index (χ2n) is 5.88. The summed E-state index contributed by atoms with van der Waals surface area (Å²) in [4.78, 5) is 30.5. The average Bonchev–Trinajstić information content (AvgIpc) is 3.09. The van der Waals surface area contributed by atoms with E-state index in [2.05, 4.69) is 10.3 Å². The van der Waals surface area contributed by atoms with Gasteiger partial charge in [0.05, 0.1) is 5.92 Å². The fraction of sp³-hybridized carbons (Fsp3) is 0.353. The molecule has 3 N–H and O–H groups in total. The van der Waals surface area contributed by atoms with Crippen molar-refractivity contribution in [2.75, 3.05) is 18.4 Å². The molecule has 1 aliphatic rings. The molecule has 2 aromatic rings. The second kappa shape index (κ2) is 7.55. The molecule has 6 nitrogen and oxygen atoms in total. The lowest BCUT2D eigenvalue weighted by molar-refractivity contribution is -0.127. The van der Waals surface area contributed by atoms with Gasteiger partial charge in [0.25, 0.3) is 0 Å². The van der Waals surface area contributed by atoms with Gasteiger partial charge in [0.1, 0.15) is 6.04 Å². The maximum absolute atomic E-state index is 12.5. The summed E-state index contributed by atoms with van der Waals surface area (Å²) in [6.45, 7) is 1.27. The number of amides is 2. The van der Waals surface area contributed by atoms with Crippen molar-refractivity contribution in [1.29, 1.82) is 0 Å². The number of nitrogens with two attached hydrogens (primary N) is 1. The van der Waals surface area contributed by atoms with Crippen LogP contribution in [0.5, 0.6) is 0 Å². The Labute approximate surface area is 144 Å². The van der Waals surface area contributed by atoms with Gasteiger partial charge in [-0.05, 0) is 24.9 Å². The van der Waals surface area contributed by atoms with Crippen molar-refractivity contribution in [3.63, 3.8) is 0 Å². The van der Waals surface area contributed by atoms with E-state index in [-0.39, 0.29) is 17.7 Å². The average molecular weight is 344 g/mol. The Morgan fingerprint density at radius 3 is 2.79 bits per heavy atom. The maximum Gasteiger partial charge on any atom is 0.239 e. The van der Waals surface area contributed by atoms with Crippen LogP contribution in [-0.4, -0.2) is 34.8 Å². The SMILES string of the molecule is NC(=O)[C@H](c1ccccc1)N1CCC[C@H](C(=O)Nc2nccs2)C1. The number of nitrogens with one attached hydrogen (secondary N) is 1. The zero-order valence-electron chi connectivity index (χ0n) is 13.2. The molecule has 2 heterocycles. The number of nitrogens with zero attached hydrogens (tertiary/aromatic N) is 2. The summed E-state index contributed by atoms with van der Waals surface area (Å²) < 4.78 is 0. The molecular formula is C17H20N4O2S. The molecule has 1 fully saturated rings. The van der Waals surface area contributed by atoms with Crippen molar-refractivity contribution in [3.05, 3.63) is 47.5 Å². The number of aromatic nitrogens is 1. The molecule has 0 saturated carbocycles. The van der Waals surface area contributed by atoms with E-state index < -0.39 is 6.04 Å². The zero-order chi connectivity index (χ0) is 16.9. The van der Waals surface area contributed by atoms with Crippen LogP contribution < -0.4 is 11.1 Å². The third-order valence-electron chi connectivity index (χ3n) is 4.24. The fourth-order valence-electron chi connectivity index (χ4n) is 3.14. The van der Waals surface area contributed by atoms with Crippen LogP contribution in [0.1, 0.15) is 24.4 Å². The minimum atomic E-state index is -0.498. The number of anilines is 1. The Balaban J connectivity index is 1.71. The number of benzene rings is 1. The first-order valence-corrected chi connectivity index (χ1v) is 8.82. The third-order valence-corrected chi connectivity index (χ3v) is 4.92. The van der Waals surface area contributed by atoms with Crippen LogP contribution in [0.4, 0.5) is 5.13 Å². The Hall–Kier alpha value is -2.25. The summed E-state index contributed by atoms with van der Waals surface area (Å²) in [6.07, 6.45) is 3.31. The molecule has 0 unspecified atom stereocenters. The van der Waals surface area contributed by atoms with E-state index in [0.29, 0.717) is 11.7 Å². The minimum Gasteiger partial charge on any atom is -0.368 e.